The van der Waals surface area contributed by atoms with E-state index in [4.69, 9.17) is 47.3 Å². The third-order valence-electron chi connectivity index (χ3n) is 11.2. The quantitative estimate of drug-likeness (QED) is 0.128. The summed E-state index contributed by atoms with van der Waals surface area (Å²) in [5.74, 6) is 1.40. The molecular weight excluding hydrogens is 860 g/mol. The summed E-state index contributed by atoms with van der Waals surface area (Å²) < 4.78 is 19.7. The first-order valence-electron chi connectivity index (χ1n) is 20.2. The first-order chi connectivity index (χ1) is 30.6. The molecule has 0 bridgehead atoms. The number of aromatic nitrogens is 2. The van der Waals surface area contributed by atoms with E-state index in [1.165, 1.54) is 11.3 Å². The number of pyridine rings is 1. The van der Waals surface area contributed by atoms with E-state index in [1.54, 1.807) is 17.0 Å². The summed E-state index contributed by atoms with van der Waals surface area (Å²) in [6.45, 7) is 5.14. The van der Waals surface area contributed by atoms with E-state index in [1.807, 2.05) is 85.9 Å². The zero-order valence-corrected chi connectivity index (χ0v) is 36.7. The number of fused-ring (bicyclic) bond motifs is 3. The van der Waals surface area contributed by atoms with Gasteiger partial charge in [-0.05, 0) is 119 Å². The summed E-state index contributed by atoms with van der Waals surface area (Å²) in [6.07, 6.45) is 2.44. The van der Waals surface area contributed by atoms with Crippen LogP contribution >= 0.6 is 34.5 Å². The molecule has 63 heavy (non-hydrogen) atoms. The molecule has 320 valence electrons. The lowest BCUT2D eigenvalue weighted by molar-refractivity contribution is -0.126. The Kier molecular flexibility index (Phi) is 13.2. The molecule has 0 radical (unpaired) electrons. The van der Waals surface area contributed by atoms with Gasteiger partial charge in [0, 0.05) is 31.4 Å². The van der Waals surface area contributed by atoms with Crippen molar-refractivity contribution >= 4 is 63.0 Å². The SMILES string of the molecule is Cc1nccc(-c2ccc(CCNC(=O)C3Cc4cc5c(cc4CN3C(=O)c3nc4ccccc4s3)OC(c3ccc(OCc4ccc(Cl)c(Cl)c4)cc3)CO5)cc2)c1C.O=CO. The maximum absolute atomic E-state index is 14.3. The van der Waals surface area contributed by atoms with E-state index in [-0.39, 0.29) is 30.9 Å². The van der Waals surface area contributed by atoms with Crippen LogP contribution in [-0.4, -0.2) is 57.5 Å². The van der Waals surface area contributed by atoms with Crippen molar-refractivity contribution in [1.29, 1.82) is 0 Å². The van der Waals surface area contributed by atoms with Crippen molar-refractivity contribution < 1.29 is 33.7 Å². The largest absolute Gasteiger partial charge is 0.489 e. The van der Waals surface area contributed by atoms with Crippen molar-refractivity contribution in [3.05, 3.63) is 170 Å². The van der Waals surface area contributed by atoms with E-state index >= 15 is 0 Å². The van der Waals surface area contributed by atoms with Crippen molar-refractivity contribution in [1.82, 2.24) is 20.2 Å². The van der Waals surface area contributed by atoms with Crippen LogP contribution in [0.1, 0.15) is 55.0 Å². The standard InChI is InChI=1S/C48H40Cl2N4O5S.CH2O2/c1-28-29(2)51-20-18-37(28)32-10-7-30(8-11-32)17-19-52-46(55)41-22-34-23-42-43(24-35(34)25-54(41)48(56)47-53-40-5-3-4-6-45(40)60-47)59-44(27-58-42)33-12-14-36(15-13-33)57-26-31-9-16-38(49)39(50)21-31;2-1-3/h3-16,18,20-21,23-24,41,44H,17,19,22,25-27H2,1-2H3,(H,52,55);1H,(H,2,3). The van der Waals surface area contributed by atoms with Crippen LogP contribution in [-0.2, 0) is 35.6 Å². The number of amides is 2. The van der Waals surface area contributed by atoms with Crippen LogP contribution < -0.4 is 19.5 Å². The Morgan fingerprint density at radius 3 is 2.43 bits per heavy atom. The number of para-hydroxylation sites is 1. The number of nitrogens with one attached hydrogen (secondary N) is 1. The molecule has 14 heteroatoms. The van der Waals surface area contributed by atoms with Crippen LogP contribution in [0, 0.1) is 13.8 Å². The second-order valence-corrected chi connectivity index (χ2v) is 17.0. The molecule has 11 nitrogen and oxygen atoms in total. The molecular formula is C49H42Cl2N4O7S. The molecule has 5 aromatic carbocycles. The second kappa shape index (κ2) is 19.3. The second-order valence-electron chi connectivity index (χ2n) is 15.1. The van der Waals surface area contributed by atoms with Crippen molar-refractivity contribution in [2.24, 2.45) is 0 Å². The summed E-state index contributed by atoms with van der Waals surface area (Å²) in [5, 5.41) is 11.4. The molecule has 0 aliphatic carbocycles. The maximum atomic E-state index is 14.3. The molecule has 2 amide bonds. The van der Waals surface area contributed by atoms with Gasteiger partial charge in [-0.1, -0.05) is 77.8 Å². The van der Waals surface area contributed by atoms with Gasteiger partial charge in [0.1, 0.15) is 25.0 Å². The highest BCUT2D eigenvalue weighted by Crippen LogP contribution is 2.41. The van der Waals surface area contributed by atoms with Crippen LogP contribution in [0.3, 0.4) is 0 Å². The average Bonchev–Trinajstić information content (AvgIpc) is 3.74. The number of carbonyl (C=O) groups is 3. The topological polar surface area (TPSA) is 140 Å². The lowest BCUT2D eigenvalue weighted by Crippen LogP contribution is -2.52. The van der Waals surface area contributed by atoms with Crippen molar-refractivity contribution in [3.8, 4) is 28.4 Å². The fourth-order valence-electron chi connectivity index (χ4n) is 7.68. The van der Waals surface area contributed by atoms with Gasteiger partial charge >= 0.3 is 0 Å². The zero-order valence-electron chi connectivity index (χ0n) is 34.3. The molecule has 2 N–H and O–H groups in total. The first kappa shape index (κ1) is 43.2. The Labute approximate surface area is 378 Å². The molecule has 2 aliphatic heterocycles. The molecule has 0 spiro atoms. The van der Waals surface area contributed by atoms with E-state index in [2.05, 4.69) is 46.5 Å². The Bertz CT molecular complexity index is 2770. The van der Waals surface area contributed by atoms with Crippen molar-refractivity contribution in [2.45, 2.75) is 52.0 Å². The molecule has 0 saturated carbocycles. The zero-order chi connectivity index (χ0) is 44.0. The van der Waals surface area contributed by atoms with Gasteiger partial charge in [0.15, 0.2) is 22.6 Å². The van der Waals surface area contributed by atoms with E-state index in [9.17, 15) is 9.59 Å². The highest BCUT2D eigenvalue weighted by Gasteiger charge is 2.38. The molecule has 9 rings (SSSR count). The number of benzene rings is 5. The number of hydrogen-bond donors (Lipinski definition) is 2. The van der Waals surface area contributed by atoms with Crippen LogP contribution in [0.25, 0.3) is 21.3 Å². The van der Waals surface area contributed by atoms with Gasteiger partial charge in [0.2, 0.25) is 5.91 Å². The van der Waals surface area contributed by atoms with Gasteiger partial charge in [0.25, 0.3) is 12.4 Å². The molecule has 7 aromatic rings. The highest BCUT2D eigenvalue weighted by atomic mass is 35.5. The number of thiazole rings is 1. The van der Waals surface area contributed by atoms with Crippen LogP contribution in [0.15, 0.2) is 115 Å². The number of hydrogen-bond acceptors (Lipinski definition) is 9. The third kappa shape index (κ3) is 9.78. The highest BCUT2D eigenvalue weighted by molar-refractivity contribution is 7.20. The summed E-state index contributed by atoms with van der Waals surface area (Å²) in [6, 6.07) is 34.4. The molecule has 2 atom stereocenters. The number of carbonyl (C=O) groups excluding carboxylic acids is 2. The number of nitrogens with zero attached hydrogens (tertiary/aromatic N) is 3. The summed E-state index contributed by atoms with van der Waals surface area (Å²) in [7, 11) is 0. The van der Waals surface area contributed by atoms with Gasteiger partial charge < -0.3 is 29.5 Å². The Morgan fingerprint density at radius 1 is 0.921 bits per heavy atom. The van der Waals surface area contributed by atoms with Gasteiger partial charge in [0.05, 0.1) is 20.3 Å². The minimum Gasteiger partial charge on any atom is -0.489 e. The summed E-state index contributed by atoms with van der Waals surface area (Å²) >= 11 is 13.5. The summed E-state index contributed by atoms with van der Waals surface area (Å²) in [5.41, 5.74) is 9.97. The number of ether oxygens (including phenoxy) is 3. The van der Waals surface area contributed by atoms with Crippen molar-refractivity contribution in [2.75, 3.05) is 13.2 Å². The van der Waals surface area contributed by atoms with E-state index in [0.29, 0.717) is 64.9 Å². The molecule has 2 aliphatic rings. The summed E-state index contributed by atoms with van der Waals surface area (Å²) in [4.78, 5) is 47.4. The van der Waals surface area contributed by atoms with Gasteiger partial charge in [-0.3, -0.25) is 19.4 Å². The van der Waals surface area contributed by atoms with Gasteiger partial charge in [-0.2, -0.15) is 0 Å². The third-order valence-corrected chi connectivity index (χ3v) is 12.9. The fraction of sp³-hybridized carbons (Fsp3) is 0.204. The maximum Gasteiger partial charge on any atom is 0.290 e. The number of aryl methyl sites for hydroxylation is 1. The number of rotatable bonds is 10. The molecule has 0 saturated heterocycles. The minimum absolute atomic E-state index is 0.212. The molecule has 0 fully saturated rings. The fourth-order valence-corrected chi connectivity index (χ4v) is 8.92. The smallest absolute Gasteiger partial charge is 0.290 e. The van der Waals surface area contributed by atoms with E-state index in [0.717, 1.165) is 60.4 Å². The Morgan fingerprint density at radius 2 is 1.67 bits per heavy atom. The van der Waals surface area contributed by atoms with Gasteiger partial charge in [-0.25, -0.2) is 4.98 Å². The van der Waals surface area contributed by atoms with Crippen LogP contribution in [0.4, 0.5) is 0 Å². The van der Waals surface area contributed by atoms with Crippen LogP contribution in [0.2, 0.25) is 10.0 Å². The first-order valence-corrected chi connectivity index (χ1v) is 21.8. The van der Waals surface area contributed by atoms with Crippen LogP contribution in [0.5, 0.6) is 17.2 Å². The normalized spacial score (nSPS) is 15.1. The average molecular weight is 902 g/mol. The molecule has 2 aromatic heterocycles. The lowest BCUT2D eigenvalue weighted by atomic mass is 9.92. The van der Waals surface area contributed by atoms with Crippen molar-refractivity contribution in [3.63, 3.8) is 0 Å². The lowest BCUT2D eigenvalue weighted by Gasteiger charge is -2.37. The predicted molar refractivity (Wildman–Crippen MR) is 244 cm³/mol. The minimum atomic E-state index is -0.745. The number of carboxylic acid groups (broad SMARTS) is 1. The number of halogens is 2. The molecule has 2 unspecified atom stereocenters. The molecule has 4 heterocycles. The predicted octanol–water partition coefficient (Wildman–Crippen LogP) is 10.0. The monoisotopic (exact) mass is 900 g/mol. The Hall–Kier alpha value is -6.47. The van der Waals surface area contributed by atoms with E-state index < -0.39 is 6.04 Å². The van der Waals surface area contributed by atoms with Gasteiger partial charge in [-0.15, -0.1) is 11.3 Å². The Balaban J connectivity index is 0.00000177.